The molecule has 1 N–H and O–H groups in total. The maximum atomic E-state index is 13.3. The molecule has 0 radical (unpaired) electrons. The maximum Gasteiger partial charge on any atom is 0.266 e. The summed E-state index contributed by atoms with van der Waals surface area (Å²) in [6, 6.07) is 13.3. The van der Waals surface area contributed by atoms with E-state index >= 15 is 0 Å². The molecular formula is C23H27N3O2S. The first-order valence-corrected chi connectivity index (χ1v) is 10.8. The van der Waals surface area contributed by atoms with Gasteiger partial charge in [-0.1, -0.05) is 55.4 Å². The number of carbonyl (C=O) groups is 1. The Kier molecular flexibility index (Phi) is 6.75. The quantitative estimate of drug-likeness (QED) is 0.468. The lowest BCUT2D eigenvalue weighted by Gasteiger charge is -2.15. The fourth-order valence-corrected chi connectivity index (χ4v) is 3.99. The van der Waals surface area contributed by atoms with Gasteiger partial charge in [-0.05, 0) is 49.9 Å². The largest absolute Gasteiger partial charge is 0.355 e. The molecule has 0 spiro atoms. The third kappa shape index (κ3) is 5.07. The highest BCUT2D eigenvalue weighted by atomic mass is 32.2. The van der Waals surface area contributed by atoms with Crippen molar-refractivity contribution in [3.8, 4) is 5.69 Å². The van der Waals surface area contributed by atoms with Crippen LogP contribution in [0.15, 0.2) is 52.4 Å². The van der Waals surface area contributed by atoms with Crippen LogP contribution in [0.4, 0.5) is 0 Å². The number of para-hydroxylation sites is 1. The number of thioether (sulfide) groups is 1. The van der Waals surface area contributed by atoms with Gasteiger partial charge in [0, 0.05) is 6.54 Å². The molecule has 0 fully saturated rings. The normalized spacial score (nSPS) is 11.2. The first kappa shape index (κ1) is 21.1. The topological polar surface area (TPSA) is 64.0 Å². The first-order valence-electron chi connectivity index (χ1n) is 9.85. The Bertz CT molecular complexity index is 1090. The van der Waals surface area contributed by atoms with E-state index in [1.165, 1.54) is 11.8 Å². The van der Waals surface area contributed by atoms with Gasteiger partial charge in [0.25, 0.3) is 5.56 Å². The number of nitrogens with one attached hydrogen (secondary N) is 1. The minimum absolute atomic E-state index is 0.0507. The average Bonchev–Trinajstić information content (AvgIpc) is 2.67. The molecule has 1 aromatic heterocycles. The lowest BCUT2D eigenvalue weighted by molar-refractivity contribution is -0.118. The summed E-state index contributed by atoms with van der Waals surface area (Å²) in [5, 5.41) is 4.03. The highest BCUT2D eigenvalue weighted by molar-refractivity contribution is 7.99. The average molecular weight is 410 g/mol. The Morgan fingerprint density at radius 2 is 1.93 bits per heavy atom. The van der Waals surface area contributed by atoms with Crippen LogP contribution in [0.3, 0.4) is 0 Å². The number of rotatable bonds is 7. The van der Waals surface area contributed by atoms with Crippen LogP contribution in [0.5, 0.6) is 0 Å². The Balaban J connectivity index is 1.97. The summed E-state index contributed by atoms with van der Waals surface area (Å²) >= 11 is 1.29. The summed E-state index contributed by atoms with van der Waals surface area (Å²) in [4.78, 5) is 30.2. The van der Waals surface area contributed by atoms with Crippen LogP contribution >= 0.6 is 11.8 Å². The van der Waals surface area contributed by atoms with Crippen LogP contribution in [0.1, 0.15) is 31.4 Å². The predicted molar refractivity (Wildman–Crippen MR) is 120 cm³/mol. The van der Waals surface area contributed by atoms with Crippen LogP contribution in [0, 0.1) is 19.8 Å². The molecule has 29 heavy (non-hydrogen) atoms. The molecule has 0 aliphatic rings. The molecule has 1 heterocycles. The van der Waals surface area contributed by atoms with Gasteiger partial charge in [0.15, 0.2) is 5.16 Å². The first-order chi connectivity index (χ1) is 13.9. The lowest BCUT2D eigenvalue weighted by atomic mass is 10.1. The summed E-state index contributed by atoms with van der Waals surface area (Å²) in [7, 11) is 0. The number of aromatic nitrogens is 2. The fourth-order valence-electron chi connectivity index (χ4n) is 3.16. The molecule has 0 atom stereocenters. The van der Waals surface area contributed by atoms with Gasteiger partial charge in [-0.2, -0.15) is 0 Å². The van der Waals surface area contributed by atoms with Crippen molar-refractivity contribution in [2.24, 2.45) is 5.92 Å². The number of carbonyl (C=O) groups excluding carboxylic acids is 1. The Morgan fingerprint density at radius 1 is 1.17 bits per heavy atom. The van der Waals surface area contributed by atoms with E-state index in [4.69, 9.17) is 4.98 Å². The van der Waals surface area contributed by atoms with E-state index in [1.807, 2.05) is 50.2 Å². The number of nitrogens with zero attached hydrogens (tertiary/aromatic N) is 2. The second-order valence-corrected chi connectivity index (χ2v) is 8.61. The van der Waals surface area contributed by atoms with E-state index in [2.05, 4.69) is 19.2 Å². The molecule has 0 aliphatic heterocycles. The van der Waals surface area contributed by atoms with Crippen molar-refractivity contribution in [1.82, 2.24) is 14.9 Å². The van der Waals surface area contributed by atoms with Gasteiger partial charge >= 0.3 is 0 Å². The molecule has 1 amide bonds. The summed E-state index contributed by atoms with van der Waals surface area (Å²) in [6.07, 6.45) is 0.942. The van der Waals surface area contributed by atoms with Crippen LogP contribution < -0.4 is 10.9 Å². The van der Waals surface area contributed by atoms with E-state index in [1.54, 1.807) is 10.6 Å². The highest BCUT2D eigenvalue weighted by Crippen LogP contribution is 2.23. The Morgan fingerprint density at radius 3 is 2.66 bits per heavy atom. The molecular weight excluding hydrogens is 382 g/mol. The van der Waals surface area contributed by atoms with Crippen LogP contribution in [0.25, 0.3) is 16.6 Å². The smallest absolute Gasteiger partial charge is 0.266 e. The number of hydrogen-bond acceptors (Lipinski definition) is 4. The number of hydrogen-bond donors (Lipinski definition) is 1. The fraction of sp³-hybridized carbons (Fsp3) is 0.348. The van der Waals surface area contributed by atoms with Gasteiger partial charge < -0.3 is 5.32 Å². The second-order valence-electron chi connectivity index (χ2n) is 7.66. The molecule has 0 unspecified atom stereocenters. The van der Waals surface area contributed by atoms with Crippen LogP contribution in [0.2, 0.25) is 0 Å². The molecule has 0 aliphatic carbocycles. The minimum Gasteiger partial charge on any atom is -0.355 e. The standard InChI is InChI=1S/C23H27N3O2S/c1-15(2)11-12-24-21(27)14-29-23-25-19-8-6-5-7-18(19)22(28)26(23)20-10-9-16(3)13-17(20)4/h5-10,13,15H,11-12,14H2,1-4H3,(H,24,27). The summed E-state index contributed by atoms with van der Waals surface area (Å²) in [6.45, 7) is 8.92. The van der Waals surface area contributed by atoms with Crippen molar-refractivity contribution >= 4 is 28.6 Å². The van der Waals surface area contributed by atoms with Crippen LogP contribution in [-0.2, 0) is 4.79 Å². The Hall–Kier alpha value is -2.60. The van der Waals surface area contributed by atoms with Crippen molar-refractivity contribution in [3.05, 3.63) is 63.9 Å². The summed E-state index contributed by atoms with van der Waals surface area (Å²) < 4.78 is 1.63. The second kappa shape index (κ2) is 9.27. The number of aryl methyl sites for hydroxylation is 2. The van der Waals surface area contributed by atoms with Crippen LogP contribution in [-0.4, -0.2) is 27.8 Å². The van der Waals surface area contributed by atoms with E-state index in [-0.39, 0.29) is 17.2 Å². The summed E-state index contributed by atoms with van der Waals surface area (Å²) in [5.41, 5.74) is 3.44. The molecule has 5 nitrogen and oxygen atoms in total. The van der Waals surface area contributed by atoms with Gasteiger partial charge in [-0.15, -0.1) is 0 Å². The molecule has 0 saturated heterocycles. The molecule has 6 heteroatoms. The number of fused-ring (bicyclic) bond motifs is 1. The molecule has 3 rings (SSSR count). The lowest BCUT2D eigenvalue weighted by Crippen LogP contribution is -2.28. The van der Waals surface area contributed by atoms with E-state index in [9.17, 15) is 9.59 Å². The van der Waals surface area contributed by atoms with Crippen molar-refractivity contribution in [3.63, 3.8) is 0 Å². The Labute approximate surface area is 175 Å². The van der Waals surface area contributed by atoms with E-state index in [0.717, 1.165) is 23.2 Å². The zero-order chi connectivity index (χ0) is 21.0. The maximum absolute atomic E-state index is 13.3. The molecule has 2 aromatic carbocycles. The summed E-state index contributed by atoms with van der Waals surface area (Å²) in [5.74, 6) is 0.707. The van der Waals surface area contributed by atoms with Gasteiger partial charge in [0.05, 0.1) is 22.3 Å². The zero-order valence-electron chi connectivity index (χ0n) is 17.4. The van der Waals surface area contributed by atoms with E-state index in [0.29, 0.717) is 28.5 Å². The van der Waals surface area contributed by atoms with Gasteiger partial charge in [-0.25, -0.2) is 4.98 Å². The zero-order valence-corrected chi connectivity index (χ0v) is 18.2. The van der Waals surface area contributed by atoms with Crippen molar-refractivity contribution in [2.45, 2.75) is 39.3 Å². The molecule has 152 valence electrons. The molecule has 0 bridgehead atoms. The van der Waals surface area contributed by atoms with Gasteiger partial charge in [0.2, 0.25) is 5.91 Å². The van der Waals surface area contributed by atoms with Crippen molar-refractivity contribution in [1.29, 1.82) is 0 Å². The number of benzene rings is 2. The minimum atomic E-state index is -0.120. The van der Waals surface area contributed by atoms with Gasteiger partial charge in [-0.3, -0.25) is 14.2 Å². The van der Waals surface area contributed by atoms with Gasteiger partial charge in [0.1, 0.15) is 0 Å². The SMILES string of the molecule is Cc1ccc(-n2c(SCC(=O)NCCC(C)C)nc3ccccc3c2=O)c(C)c1. The predicted octanol–water partition coefficient (Wildman–Crippen LogP) is 4.26. The third-order valence-corrected chi connectivity index (χ3v) is 5.65. The third-order valence-electron chi connectivity index (χ3n) is 4.71. The van der Waals surface area contributed by atoms with Crippen molar-refractivity contribution in [2.75, 3.05) is 12.3 Å². The van der Waals surface area contributed by atoms with E-state index < -0.39 is 0 Å². The highest BCUT2D eigenvalue weighted by Gasteiger charge is 2.16. The monoisotopic (exact) mass is 409 g/mol. The molecule has 0 saturated carbocycles. The van der Waals surface area contributed by atoms with Crippen molar-refractivity contribution < 1.29 is 4.79 Å². The number of amides is 1. The molecule has 3 aromatic rings.